The number of aliphatic hydroxyl groups is 1. The summed E-state index contributed by atoms with van der Waals surface area (Å²) in [5.74, 6) is 0. The van der Waals surface area contributed by atoms with Crippen molar-refractivity contribution in [1.82, 2.24) is 0 Å². The maximum absolute atomic E-state index is 11.3. The summed E-state index contributed by atoms with van der Waals surface area (Å²) in [5.41, 5.74) is 4.38. The lowest BCUT2D eigenvalue weighted by molar-refractivity contribution is -0.0366. The second kappa shape index (κ2) is 4.84. The molecule has 0 spiro atoms. The van der Waals surface area contributed by atoms with Crippen LogP contribution in [0.25, 0.3) is 0 Å². The average molecular weight is 166 g/mol. The Morgan fingerprint density at radius 2 is 1.56 bits per heavy atom. The van der Waals surface area contributed by atoms with Crippen molar-refractivity contribution in [2.24, 2.45) is 5.73 Å². The molecule has 6 heteroatoms. The van der Waals surface area contributed by atoms with Gasteiger partial charge in [0.25, 0.3) is 6.43 Å². The van der Waals surface area contributed by atoms with Gasteiger partial charge in [0.1, 0.15) is 6.04 Å². The molecule has 0 heterocycles. The highest BCUT2D eigenvalue weighted by Crippen LogP contribution is 2.02. The summed E-state index contributed by atoms with van der Waals surface area (Å²) in [6.45, 7) is 0. The number of hydrogen-bond acceptors (Lipinski definition) is 2. The molecule has 2 atom stereocenters. The molecule has 0 aromatic heterocycles. The highest BCUT2D eigenvalue weighted by molar-refractivity contribution is 5.85. The minimum absolute atomic E-state index is 0. The van der Waals surface area contributed by atoms with E-state index in [4.69, 9.17) is 5.11 Å². The lowest BCUT2D eigenvalue weighted by Crippen LogP contribution is -2.38. The third-order valence-corrected chi connectivity index (χ3v) is 0.609. The monoisotopic (exact) mass is 165 g/mol. The van der Waals surface area contributed by atoms with Crippen LogP contribution in [-0.2, 0) is 0 Å². The maximum atomic E-state index is 11.3. The van der Waals surface area contributed by atoms with E-state index in [1.54, 1.807) is 0 Å². The first kappa shape index (κ1) is 11.8. The third kappa shape index (κ3) is 4.50. The largest absolute Gasteiger partial charge is 0.363 e. The van der Waals surface area contributed by atoms with Gasteiger partial charge in [0.15, 0.2) is 0 Å². The van der Waals surface area contributed by atoms with Crippen molar-refractivity contribution < 1.29 is 18.3 Å². The summed E-state index contributed by atoms with van der Waals surface area (Å²) in [5, 5.41) is 7.72. The maximum Gasteiger partial charge on any atom is 0.258 e. The molecule has 2 nitrogen and oxygen atoms in total. The van der Waals surface area contributed by atoms with E-state index < -0.39 is 18.8 Å². The van der Waals surface area contributed by atoms with Crippen LogP contribution in [0.5, 0.6) is 0 Å². The van der Waals surface area contributed by atoms with Crippen LogP contribution in [-0.4, -0.2) is 23.9 Å². The second-order valence-corrected chi connectivity index (χ2v) is 1.28. The minimum atomic E-state index is -3.00. The van der Waals surface area contributed by atoms with Crippen LogP contribution >= 0.6 is 12.4 Å². The first-order valence-corrected chi connectivity index (χ1v) is 1.91. The molecule has 0 fully saturated rings. The van der Waals surface area contributed by atoms with Crippen LogP contribution in [0, 0.1) is 0 Å². The Morgan fingerprint density at radius 3 is 1.56 bits per heavy atom. The van der Waals surface area contributed by atoms with Gasteiger partial charge in [-0.3, -0.25) is 0 Å². The predicted octanol–water partition coefficient (Wildman–Crippen LogP) is 0.289. The van der Waals surface area contributed by atoms with E-state index in [-0.39, 0.29) is 12.4 Å². The zero-order chi connectivity index (χ0) is 6.73. The van der Waals surface area contributed by atoms with Crippen LogP contribution in [0.4, 0.5) is 13.2 Å². The summed E-state index contributed by atoms with van der Waals surface area (Å²) in [6, 6.07) is -2.07. The number of halogens is 4. The molecule has 0 aliphatic carbocycles. The zero-order valence-corrected chi connectivity index (χ0v) is 5.12. The molecule has 0 rings (SSSR count). The van der Waals surface area contributed by atoms with Gasteiger partial charge in [-0.1, -0.05) is 0 Å². The van der Waals surface area contributed by atoms with E-state index in [1.165, 1.54) is 0 Å². The molecule has 0 aliphatic rings. The van der Waals surface area contributed by atoms with Crippen LogP contribution in [0.2, 0.25) is 0 Å². The van der Waals surface area contributed by atoms with E-state index >= 15 is 0 Å². The van der Waals surface area contributed by atoms with Gasteiger partial charge in [-0.15, -0.1) is 12.4 Å². The molecule has 0 amide bonds. The number of rotatable bonds is 2. The van der Waals surface area contributed by atoms with Gasteiger partial charge in [-0.2, -0.15) is 0 Å². The van der Waals surface area contributed by atoms with Crippen molar-refractivity contribution in [2.75, 3.05) is 0 Å². The molecule has 0 bridgehead atoms. The van der Waals surface area contributed by atoms with Gasteiger partial charge in [0.05, 0.1) is 0 Å². The first-order valence-electron chi connectivity index (χ1n) is 1.91. The van der Waals surface area contributed by atoms with E-state index in [0.29, 0.717) is 0 Å². The summed E-state index contributed by atoms with van der Waals surface area (Å²) >= 11 is 0. The fourth-order valence-corrected chi connectivity index (χ4v) is 0.120. The van der Waals surface area contributed by atoms with Gasteiger partial charge in [0, 0.05) is 0 Å². The first-order chi connectivity index (χ1) is 3.55. The van der Waals surface area contributed by atoms with E-state index in [2.05, 4.69) is 5.73 Å². The van der Waals surface area contributed by atoms with E-state index in [1.807, 2.05) is 0 Å². The molecule has 0 aliphatic heterocycles. The summed E-state index contributed by atoms with van der Waals surface area (Å²) in [6.07, 6.45) is -5.63. The average Bonchev–Trinajstić information content (AvgIpc) is 1.64. The number of alkyl halides is 3. The van der Waals surface area contributed by atoms with Crippen LogP contribution < -0.4 is 5.73 Å². The third-order valence-electron chi connectivity index (χ3n) is 0.609. The molecule has 0 saturated heterocycles. The second-order valence-electron chi connectivity index (χ2n) is 1.28. The van der Waals surface area contributed by atoms with Crippen molar-refractivity contribution in [3.8, 4) is 0 Å². The van der Waals surface area contributed by atoms with E-state index in [9.17, 15) is 13.2 Å². The Balaban J connectivity index is 0. The molecular formula is C3H7ClF3NO. The summed E-state index contributed by atoms with van der Waals surface area (Å²) < 4.78 is 33.6. The van der Waals surface area contributed by atoms with Gasteiger partial charge < -0.3 is 10.8 Å². The van der Waals surface area contributed by atoms with Gasteiger partial charge in [-0.25, -0.2) is 13.2 Å². The fourth-order valence-electron chi connectivity index (χ4n) is 0.120. The fraction of sp³-hybridized carbons (Fsp3) is 1.00. The summed E-state index contributed by atoms with van der Waals surface area (Å²) in [4.78, 5) is 0. The van der Waals surface area contributed by atoms with Crippen LogP contribution in [0.1, 0.15) is 0 Å². The molecule has 0 radical (unpaired) electrons. The van der Waals surface area contributed by atoms with Crippen molar-refractivity contribution >= 4 is 12.4 Å². The van der Waals surface area contributed by atoms with Crippen LogP contribution in [0.15, 0.2) is 0 Å². The topological polar surface area (TPSA) is 46.2 Å². The molecule has 3 N–H and O–H groups in total. The standard InChI is InChI=1S/C3H6F3NO.ClH/c4-2(5)1(7)3(6)8;/h1-3,8H,7H2;1H/t1-,3?;/m0./s1. The van der Waals surface area contributed by atoms with Crippen molar-refractivity contribution in [3.63, 3.8) is 0 Å². The Bertz CT molecular complexity index is 64.1. The van der Waals surface area contributed by atoms with Crippen molar-refractivity contribution in [3.05, 3.63) is 0 Å². The molecule has 1 unspecified atom stereocenters. The number of aliphatic hydroxyl groups excluding tert-OH is 1. The van der Waals surface area contributed by atoms with Gasteiger partial charge in [-0.05, 0) is 0 Å². The molecule has 0 saturated carbocycles. The smallest absolute Gasteiger partial charge is 0.258 e. The highest BCUT2D eigenvalue weighted by atomic mass is 35.5. The number of hydrogen-bond donors (Lipinski definition) is 2. The zero-order valence-electron chi connectivity index (χ0n) is 4.30. The Hall–Kier alpha value is -0.0000000000000000555. The van der Waals surface area contributed by atoms with Crippen molar-refractivity contribution in [2.45, 2.75) is 18.8 Å². The molecular weight excluding hydrogens is 158 g/mol. The summed E-state index contributed by atoms with van der Waals surface area (Å²) in [7, 11) is 0. The Kier molecular flexibility index (Phi) is 6.32. The molecule has 9 heavy (non-hydrogen) atoms. The van der Waals surface area contributed by atoms with Gasteiger partial charge in [0.2, 0.25) is 6.36 Å². The quantitative estimate of drug-likeness (QED) is 0.618. The van der Waals surface area contributed by atoms with Gasteiger partial charge >= 0.3 is 0 Å². The Labute approximate surface area is 56.3 Å². The van der Waals surface area contributed by atoms with Crippen molar-refractivity contribution in [1.29, 1.82) is 0 Å². The SMILES string of the molecule is Cl.N[C@H](C(O)F)C(F)F. The Morgan fingerprint density at radius 1 is 1.22 bits per heavy atom. The lowest BCUT2D eigenvalue weighted by Gasteiger charge is -2.08. The minimum Gasteiger partial charge on any atom is -0.363 e. The predicted molar refractivity (Wildman–Crippen MR) is 28.3 cm³/mol. The molecule has 58 valence electrons. The molecule has 0 aromatic carbocycles. The number of nitrogens with two attached hydrogens (primary N) is 1. The molecule has 0 aromatic rings. The highest BCUT2D eigenvalue weighted by Gasteiger charge is 2.22. The normalized spacial score (nSPS) is 16.7. The van der Waals surface area contributed by atoms with Crippen LogP contribution in [0.3, 0.4) is 0 Å². The lowest BCUT2D eigenvalue weighted by atomic mass is 10.3. The van der Waals surface area contributed by atoms with E-state index in [0.717, 1.165) is 0 Å².